The van der Waals surface area contributed by atoms with E-state index in [0.29, 0.717) is 6.04 Å². The molecule has 2 heterocycles. The minimum Gasteiger partial charge on any atom is -0.381 e. The molecule has 2 fully saturated rings. The number of ether oxygens (including phenoxy) is 1. The lowest BCUT2D eigenvalue weighted by molar-refractivity contribution is 0.145. The summed E-state index contributed by atoms with van der Waals surface area (Å²) in [6, 6.07) is 0.714. The molecule has 0 aromatic carbocycles. The Morgan fingerprint density at radius 3 is 3.07 bits per heavy atom. The van der Waals surface area contributed by atoms with E-state index >= 15 is 0 Å². The zero-order valence-corrected chi connectivity index (χ0v) is 9.17. The van der Waals surface area contributed by atoms with Crippen molar-refractivity contribution in [2.45, 2.75) is 25.3 Å². The molecule has 0 bridgehead atoms. The van der Waals surface area contributed by atoms with Gasteiger partial charge in [0.1, 0.15) is 0 Å². The van der Waals surface area contributed by atoms with Gasteiger partial charge in [-0.2, -0.15) is 0 Å². The molecule has 82 valence electrons. The van der Waals surface area contributed by atoms with Gasteiger partial charge >= 0.3 is 0 Å². The molecule has 3 nitrogen and oxygen atoms in total. The van der Waals surface area contributed by atoms with Crippen LogP contribution in [0.3, 0.4) is 0 Å². The number of nitrogens with one attached hydrogen (secondary N) is 1. The van der Waals surface area contributed by atoms with Crippen LogP contribution in [0.25, 0.3) is 0 Å². The highest BCUT2D eigenvalue weighted by molar-refractivity contribution is 4.79. The van der Waals surface area contributed by atoms with E-state index < -0.39 is 0 Å². The second-order valence-electron chi connectivity index (χ2n) is 4.62. The molecule has 2 rings (SSSR count). The first kappa shape index (κ1) is 10.4. The van der Waals surface area contributed by atoms with E-state index in [1.807, 2.05) is 0 Å². The average Bonchev–Trinajstić information content (AvgIpc) is 2.71. The van der Waals surface area contributed by atoms with E-state index in [0.717, 1.165) is 19.1 Å². The lowest BCUT2D eigenvalue weighted by Crippen LogP contribution is -2.46. The molecule has 2 aliphatic rings. The van der Waals surface area contributed by atoms with Crippen molar-refractivity contribution in [1.82, 2.24) is 10.2 Å². The van der Waals surface area contributed by atoms with Gasteiger partial charge in [0.05, 0.1) is 6.61 Å². The van der Waals surface area contributed by atoms with Gasteiger partial charge in [0.2, 0.25) is 0 Å². The third-order valence-electron chi connectivity index (χ3n) is 3.45. The summed E-state index contributed by atoms with van der Waals surface area (Å²) in [7, 11) is 2.08. The van der Waals surface area contributed by atoms with E-state index in [1.54, 1.807) is 0 Å². The lowest BCUT2D eigenvalue weighted by atomic mass is 10.0. The van der Waals surface area contributed by atoms with Crippen LogP contribution >= 0.6 is 0 Å². The first-order valence-electron chi connectivity index (χ1n) is 5.86. The molecular weight excluding hydrogens is 176 g/mol. The van der Waals surface area contributed by atoms with Crippen LogP contribution in [0.1, 0.15) is 19.3 Å². The summed E-state index contributed by atoms with van der Waals surface area (Å²) in [6.07, 6.45) is 3.95. The van der Waals surface area contributed by atoms with Crippen LogP contribution in [-0.2, 0) is 4.74 Å². The maximum Gasteiger partial charge on any atom is 0.0507 e. The quantitative estimate of drug-likeness (QED) is 0.723. The summed E-state index contributed by atoms with van der Waals surface area (Å²) >= 11 is 0. The highest BCUT2D eigenvalue weighted by Crippen LogP contribution is 2.17. The Hall–Kier alpha value is -0.120. The van der Waals surface area contributed by atoms with Crippen molar-refractivity contribution in [2.75, 3.05) is 39.9 Å². The zero-order chi connectivity index (χ0) is 9.80. The molecule has 2 atom stereocenters. The fraction of sp³-hybridized carbons (Fsp3) is 1.00. The molecule has 0 aromatic rings. The molecule has 2 aliphatic heterocycles. The summed E-state index contributed by atoms with van der Waals surface area (Å²) < 4.78 is 5.41. The van der Waals surface area contributed by atoms with Crippen LogP contribution in [0.4, 0.5) is 0 Å². The molecule has 0 spiro atoms. The summed E-state index contributed by atoms with van der Waals surface area (Å²) in [5.41, 5.74) is 0. The van der Waals surface area contributed by atoms with Crippen LogP contribution in [0, 0.1) is 5.92 Å². The Morgan fingerprint density at radius 2 is 2.36 bits per heavy atom. The molecule has 0 aliphatic carbocycles. The fourth-order valence-corrected chi connectivity index (χ4v) is 2.55. The monoisotopic (exact) mass is 198 g/mol. The Labute approximate surface area is 86.8 Å². The molecule has 2 unspecified atom stereocenters. The van der Waals surface area contributed by atoms with Crippen molar-refractivity contribution in [3.05, 3.63) is 0 Å². The summed E-state index contributed by atoms with van der Waals surface area (Å²) in [5, 5.41) is 3.39. The summed E-state index contributed by atoms with van der Waals surface area (Å²) in [4.78, 5) is 2.60. The van der Waals surface area contributed by atoms with Crippen LogP contribution in [0.2, 0.25) is 0 Å². The van der Waals surface area contributed by atoms with E-state index in [4.69, 9.17) is 4.74 Å². The van der Waals surface area contributed by atoms with Crippen LogP contribution in [0.5, 0.6) is 0 Å². The maximum absolute atomic E-state index is 5.41. The average molecular weight is 198 g/mol. The predicted molar refractivity (Wildman–Crippen MR) is 57.4 cm³/mol. The third kappa shape index (κ3) is 2.69. The van der Waals surface area contributed by atoms with Gasteiger partial charge in [-0.15, -0.1) is 0 Å². The van der Waals surface area contributed by atoms with Gasteiger partial charge in [-0.05, 0) is 38.8 Å². The van der Waals surface area contributed by atoms with Crippen LogP contribution in [-0.4, -0.2) is 50.8 Å². The minimum atomic E-state index is 0.714. The molecule has 1 N–H and O–H groups in total. The Balaban J connectivity index is 1.73. The van der Waals surface area contributed by atoms with Crippen molar-refractivity contribution in [1.29, 1.82) is 0 Å². The molecule has 3 heteroatoms. The van der Waals surface area contributed by atoms with Gasteiger partial charge < -0.3 is 15.0 Å². The second kappa shape index (κ2) is 5.10. The smallest absolute Gasteiger partial charge is 0.0507 e. The number of rotatable bonds is 3. The number of nitrogens with zero attached hydrogens (tertiary/aromatic N) is 1. The topological polar surface area (TPSA) is 24.5 Å². The highest BCUT2D eigenvalue weighted by atomic mass is 16.5. The molecule has 0 radical (unpaired) electrons. The normalized spacial score (nSPS) is 34.9. The van der Waals surface area contributed by atoms with Crippen molar-refractivity contribution in [3.63, 3.8) is 0 Å². The highest BCUT2D eigenvalue weighted by Gasteiger charge is 2.23. The molecular formula is C11H22N2O. The van der Waals surface area contributed by atoms with Gasteiger partial charge in [-0.3, -0.25) is 0 Å². The number of likely N-dealkylation sites (tertiary alicyclic amines) is 1. The van der Waals surface area contributed by atoms with Gasteiger partial charge in [-0.1, -0.05) is 0 Å². The number of piperidine rings is 1. The lowest BCUT2D eigenvalue weighted by Gasteiger charge is -2.33. The van der Waals surface area contributed by atoms with Gasteiger partial charge in [0, 0.05) is 25.7 Å². The van der Waals surface area contributed by atoms with E-state index in [1.165, 1.54) is 38.9 Å². The summed E-state index contributed by atoms with van der Waals surface area (Å²) in [5.74, 6) is 0.797. The van der Waals surface area contributed by atoms with E-state index in [-0.39, 0.29) is 0 Å². The Morgan fingerprint density at radius 1 is 1.43 bits per heavy atom. The van der Waals surface area contributed by atoms with Gasteiger partial charge in [-0.25, -0.2) is 0 Å². The predicted octanol–water partition coefficient (Wildman–Crippen LogP) is 0.707. The number of hydrogen-bond acceptors (Lipinski definition) is 3. The van der Waals surface area contributed by atoms with Crippen molar-refractivity contribution in [2.24, 2.45) is 5.92 Å². The SMILES string of the molecule is CNC1CCCN(CC2CCOC2)C1. The molecule has 2 saturated heterocycles. The standard InChI is InChI=1S/C11H22N2O/c1-12-11-3-2-5-13(8-11)7-10-4-6-14-9-10/h10-12H,2-9H2,1H3. The summed E-state index contributed by atoms with van der Waals surface area (Å²) in [6.45, 7) is 5.73. The first-order valence-corrected chi connectivity index (χ1v) is 5.86. The fourth-order valence-electron chi connectivity index (χ4n) is 2.55. The van der Waals surface area contributed by atoms with E-state index in [9.17, 15) is 0 Å². The molecule has 14 heavy (non-hydrogen) atoms. The molecule has 0 amide bonds. The molecule has 0 aromatic heterocycles. The first-order chi connectivity index (χ1) is 6.88. The Bertz CT molecular complexity index is 169. The zero-order valence-electron chi connectivity index (χ0n) is 9.17. The van der Waals surface area contributed by atoms with Crippen LogP contribution < -0.4 is 5.32 Å². The van der Waals surface area contributed by atoms with Gasteiger partial charge in [0.25, 0.3) is 0 Å². The third-order valence-corrected chi connectivity index (χ3v) is 3.45. The minimum absolute atomic E-state index is 0.714. The number of hydrogen-bond donors (Lipinski definition) is 1. The Kier molecular flexibility index (Phi) is 3.79. The molecule has 0 saturated carbocycles. The van der Waals surface area contributed by atoms with Gasteiger partial charge in [0.15, 0.2) is 0 Å². The second-order valence-corrected chi connectivity index (χ2v) is 4.62. The maximum atomic E-state index is 5.41. The van der Waals surface area contributed by atoms with Crippen molar-refractivity contribution in [3.8, 4) is 0 Å². The largest absolute Gasteiger partial charge is 0.381 e. The van der Waals surface area contributed by atoms with Crippen molar-refractivity contribution < 1.29 is 4.74 Å². The number of likely N-dealkylation sites (N-methyl/N-ethyl adjacent to an activating group) is 1. The van der Waals surface area contributed by atoms with E-state index in [2.05, 4.69) is 17.3 Å². The van der Waals surface area contributed by atoms with Crippen LogP contribution in [0.15, 0.2) is 0 Å². The van der Waals surface area contributed by atoms with Crippen molar-refractivity contribution >= 4 is 0 Å².